The smallest absolute Gasteiger partial charge is 1.00 e. The first kappa shape index (κ1) is 25.7. The predicted molar refractivity (Wildman–Crippen MR) is 84.0 cm³/mol. The molecule has 0 N–H and O–H groups in total. The second kappa shape index (κ2) is 13.7. The molecular formula is C20H16Cl3Zr-2. The Bertz CT molecular complexity index is 654. The molecule has 4 rings (SSSR count). The van der Waals surface area contributed by atoms with E-state index < -0.39 is 0 Å². The third-order valence-electron chi connectivity index (χ3n) is 3.43. The minimum absolute atomic E-state index is 0. The first-order valence-corrected chi connectivity index (χ1v) is 6.90. The molecule has 0 saturated heterocycles. The predicted octanol–water partition coefficient (Wildman–Crippen LogP) is -4.04. The average Bonchev–Trinajstić information content (AvgIpc) is 3.21. The summed E-state index contributed by atoms with van der Waals surface area (Å²) in [5.41, 5.74) is 3.98. The van der Waals surface area contributed by atoms with Crippen LogP contribution < -0.4 is 37.2 Å². The van der Waals surface area contributed by atoms with E-state index >= 15 is 0 Å². The van der Waals surface area contributed by atoms with Crippen LogP contribution in [0, 0.1) is 12.2 Å². The number of fused-ring (bicyclic) bond motifs is 1. The van der Waals surface area contributed by atoms with Gasteiger partial charge in [0, 0.05) is 0 Å². The Morgan fingerprint density at radius 1 is 0.833 bits per heavy atom. The Kier molecular flexibility index (Phi) is 14.6. The van der Waals surface area contributed by atoms with E-state index in [1.165, 1.54) is 16.7 Å². The van der Waals surface area contributed by atoms with Crippen LogP contribution in [0.3, 0.4) is 0 Å². The van der Waals surface area contributed by atoms with Crippen molar-refractivity contribution >= 4 is 6.08 Å². The Balaban J connectivity index is 0. The molecule has 4 heteroatoms. The Morgan fingerprint density at radius 2 is 1.50 bits per heavy atom. The van der Waals surface area contributed by atoms with Gasteiger partial charge in [-0.2, -0.15) is 11.6 Å². The van der Waals surface area contributed by atoms with Crippen molar-refractivity contribution in [1.29, 1.82) is 0 Å². The second-order valence-corrected chi connectivity index (χ2v) is 4.79. The third-order valence-corrected chi connectivity index (χ3v) is 3.43. The molecule has 0 spiro atoms. The molecular weight excluding hydrogens is 438 g/mol. The van der Waals surface area contributed by atoms with Gasteiger partial charge in [0.2, 0.25) is 0 Å². The van der Waals surface area contributed by atoms with Gasteiger partial charge in [-0.1, -0.05) is 60.0 Å². The van der Waals surface area contributed by atoms with Gasteiger partial charge in [-0.3, -0.25) is 12.2 Å². The summed E-state index contributed by atoms with van der Waals surface area (Å²) in [6, 6.07) is 19.0. The topological polar surface area (TPSA) is 0 Å². The molecule has 123 valence electrons. The molecule has 24 heavy (non-hydrogen) atoms. The quantitative estimate of drug-likeness (QED) is 0.386. The van der Waals surface area contributed by atoms with E-state index in [1.807, 2.05) is 18.2 Å². The van der Waals surface area contributed by atoms with E-state index in [0.29, 0.717) is 5.92 Å². The molecule has 0 amide bonds. The average molecular weight is 454 g/mol. The number of benzene rings is 2. The van der Waals surface area contributed by atoms with Crippen LogP contribution in [0.2, 0.25) is 0 Å². The number of hydrogen-bond donors (Lipinski definition) is 0. The molecule has 2 aromatic carbocycles. The van der Waals surface area contributed by atoms with Crippen LogP contribution in [0.15, 0.2) is 72.8 Å². The normalized spacial score (nSPS) is 14.8. The number of allylic oxidation sites excluding steroid dienone is 5. The van der Waals surface area contributed by atoms with Crippen molar-refractivity contribution in [2.75, 3.05) is 0 Å². The van der Waals surface area contributed by atoms with Crippen molar-refractivity contribution in [3.05, 3.63) is 102 Å². The van der Waals surface area contributed by atoms with Gasteiger partial charge < -0.3 is 37.2 Å². The SMILES string of the molecule is [C-]1=CC=CC1.[C-]1=Cc2ccccc2C1c1ccccc1.[Cl-].[Cl-].[Cl-].[Zr+3]. The van der Waals surface area contributed by atoms with Crippen molar-refractivity contribution in [3.8, 4) is 0 Å². The summed E-state index contributed by atoms with van der Waals surface area (Å²) in [7, 11) is 0. The number of rotatable bonds is 1. The van der Waals surface area contributed by atoms with Gasteiger partial charge in [-0.15, -0.1) is 18.1 Å². The molecule has 0 heterocycles. The van der Waals surface area contributed by atoms with Crippen molar-refractivity contribution in [2.24, 2.45) is 0 Å². The molecule has 0 aromatic heterocycles. The number of hydrogen-bond acceptors (Lipinski definition) is 0. The second-order valence-electron chi connectivity index (χ2n) is 4.79. The van der Waals surface area contributed by atoms with Crippen LogP contribution in [0.4, 0.5) is 0 Å². The van der Waals surface area contributed by atoms with Crippen molar-refractivity contribution in [3.63, 3.8) is 0 Å². The molecule has 0 aliphatic heterocycles. The minimum Gasteiger partial charge on any atom is -1.00 e. The molecule has 0 fully saturated rings. The van der Waals surface area contributed by atoms with Gasteiger partial charge in [0.05, 0.1) is 0 Å². The Morgan fingerprint density at radius 3 is 2.08 bits per heavy atom. The van der Waals surface area contributed by atoms with Gasteiger partial charge in [0.1, 0.15) is 0 Å². The van der Waals surface area contributed by atoms with Crippen molar-refractivity contribution in [2.45, 2.75) is 12.3 Å². The molecule has 1 radical (unpaired) electrons. The van der Waals surface area contributed by atoms with E-state index in [9.17, 15) is 0 Å². The van der Waals surface area contributed by atoms with Crippen LogP contribution in [0.1, 0.15) is 29.0 Å². The maximum Gasteiger partial charge on any atom is 3.00 e. The largest absolute Gasteiger partial charge is 3.00 e. The first-order valence-electron chi connectivity index (χ1n) is 6.90. The monoisotopic (exact) mass is 451 g/mol. The van der Waals surface area contributed by atoms with Gasteiger partial charge in [-0.25, -0.2) is 18.2 Å². The van der Waals surface area contributed by atoms with E-state index in [0.717, 1.165) is 6.42 Å². The minimum atomic E-state index is 0. The van der Waals surface area contributed by atoms with Gasteiger partial charge >= 0.3 is 26.2 Å². The summed E-state index contributed by atoms with van der Waals surface area (Å²) in [6.07, 6.45) is 15.5. The molecule has 1 unspecified atom stereocenters. The third kappa shape index (κ3) is 6.73. The summed E-state index contributed by atoms with van der Waals surface area (Å²) in [4.78, 5) is 0. The fourth-order valence-corrected chi connectivity index (χ4v) is 2.43. The summed E-state index contributed by atoms with van der Waals surface area (Å²) in [5, 5.41) is 0. The van der Waals surface area contributed by atoms with Crippen molar-refractivity contribution < 1.29 is 63.4 Å². The number of halogens is 3. The van der Waals surface area contributed by atoms with Crippen LogP contribution in [0.5, 0.6) is 0 Å². The Hall–Kier alpha value is -0.587. The molecule has 1 atom stereocenters. The van der Waals surface area contributed by atoms with E-state index in [1.54, 1.807) is 0 Å². The maximum atomic E-state index is 3.41. The molecule has 0 nitrogen and oxygen atoms in total. The van der Waals surface area contributed by atoms with Crippen molar-refractivity contribution in [1.82, 2.24) is 0 Å². The van der Waals surface area contributed by atoms with E-state index in [2.05, 4.69) is 72.8 Å². The summed E-state index contributed by atoms with van der Waals surface area (Å²) >= 11 is 0. The summed E-state index contributed by atoms with van der Waals surface area (Å²) in [6.45, 7) is 0. The fourth-order valence-electron chi connectivity index (χ4n) is 2.43. The molecule has 0 bridgehead atoms. The van der Waals surface area contributed by atoms with Crippen LogP contribution in [-0.2, 0) is 26.2 Å². The molecule has 2 aromatic rings. The summed E-state index contributed by atoms with van der Waals surface area (Å²) < 4.78 is 0. The zero-order valence-electron chi connectivity index (χ0n) is 12.9. The van der Waals surface area contributed by atoms with Crippen LogP contribution in [0.25, 0.3) is 6.08 Å². The molecule has 0 saturated carbocycles. The van der Waals surface area contributed by atoms with E-state index in [-0.39, 0.29) is 63.4 Å². The van der Waals surface area contributed by atoms with Gasteiger partial charge in [-0.05, 0) is 0 Å². The first-order chi connectivity index (χ1) is 9.95. The fraction of sp³-hybridized carbons (Fsp3) is 0.100. The zero-order valence-corrected chi connectivity index (χ0v) is 17.6. The van der Waals surface area contributed by atoms with E-state index in [4.69, 9.17) is 0 Å². The van der Waals surface area contributed by atoms with Gasteiger partial charge in [0.15, 0.2) is 0 Å². The maximum absolute atomic E-state index is 3.41. The van der Waals surface area contributed by atoms with Gasteiger partial charge in [0.25, 0.3) is 0 Å². The standard InChI is InChI=1S/C15H11.C5H5.3ClH.Zr/c1-2-6-12(7-3-1)15-11-10-13-8-4-5-9-14(13)15;1-2-4-5-3-1;;;;/h1-10,15H;1-3H,4H2;3*1H;/q2*-1;;;;+3/p-3. The molecule has 2 aliphatic carbocycles. The summed E-state index contributed by atoms with van der Waals surface area (Å²) in [5.74, 6) is 0.322. The molecule has 2 aliphatic rings. The zero-order chi connectivity index (χ0) is 13.6. The van der Waals surface area contributed by atoms with Crippen LogP contribution in [-0.4, -0.2) is 0 Å². The Labute approximate surface area is 182 Å². The van der Waals surface area contributed by atoms with Crippen LogP contribution >= 0.6 is 0 Å².